The van der Waals surface area contributed by atoms with Gasteiger partial charge in [-0.15, -0.1) is 0 Å². The van der Waals surface area contributed by atoms with Gasteiger partial charge in [0.05, 0.1) is 13.2 Å². The third kappa shape index (κ3) is 3.21. The van der Waals surface area contributed by atoms with Crippen LogP contribution in [0.15, 0.2) is 18.2 Å². The van der Waals surface area contributed by atoms with Gasteiger partial charge in [0.25, 0.3) is 0 Å². The van der Waals surface area contributed by atoms with Gasteiger partial charge < -0.3 is 15.2 Å². The number of methoxy groups -OCH3 is 1. The van der Waals surface area contributed by atoms with Crippen molar-refractivity contribution in [1.82, 2.24) is 5.32 Å². The molecule has 1 saturated carbocycles. The second kappa shape index (κ2) is 6.16. The van der Waals surface area contributed by atoms with Crippen LogP contribution in [-0.2, 0) is 6.54 Å². The van der Waals surface area contributed by atoms with Crippen molar-refractivity contribution in [2.24, 2.45) is 0 Å². The molecule has 1 aliphatic carbocycles. The van der Waals surface area contributed by atoms with Gasteiger partial charge in [0, 0.05) is 12.6 Å². The highest BCUT2D eigenvalue weighted by Gasteiger charge is 2.22. The van der Waals surface area contributed by atoms with E-state index < -0.39 is 0 Å². The molecule has 1 aliphatic rings. The number of rotatable bonds is 4. The second-order valence-corrected chi connectivity index (χ2v) is 4.81. The van der Waals surface area contributed by atoms with Gasteiger partial charge in [-0.05, 0) is 30.5 Å². The van der Waals surface area contributed by atoms with Crippen LogP contribution in [0.4, 0.5) is 4.39 Å². The van der Waals surface area contributed by atoms with E-state index in [1.54, 1.807) is 6.07 Å². The zero-order valence-corrected chi connectivity index (χ0v) is 10.7. The molecule has 0 bridgehead atoms. The molecule has 1 aromatic carbocycles. The maximum absolute atomic E-state index is 13.5. The van der Waals surface area contributed by atoms with E-state index in [-0.39, 0.29) is 23.7 Å². The van der Waals surface area contributed by atoms with Crippen molar-refractivity contribution in [2.45, 2.75) is 44.4 Å². The number of aliphatic hydroxyl groups is 1. The van der Waals surface area contributed by atoms with Gasteiger partial charge in [0.15, 0.2) is 11.6 Å². The lowest BCUT2D eigenvalue weighted by Gasteiger charge is -2.28. The highest BCUT2D eigenvalue weighted by atomic mass is 19.1. The highest BCUT2D eigenvalue weighted by molar-refractivity contribution is 5.29. The van der Waals surface area contributed by atoms with Crippen molar-refractivity contribution in [3.05, 3.63) is 29.6 Å². The van der Waals surface area contributed by atoms with Crippen molar-refractivity contribution in [3.8, 4) is 5.75 Å². The van der Waals surface area contributed by atoms with E-state index in [1.165, 1.54) is 13.2 Å². The van der Waals surface area contributed by atoms with Crippen LogP contribution in [0, 0.1) is 5.82 Å². The predicted molar refractivity (Wildman–Crippen MR) is 68.1 cm³/mol. The number of aliphatic hydroxyl groups excluding tert-OH is 1. The Kier molecular flexibility index (Phi) is 4.55. The van der Waals surface area contributed by atoms with Crippen LogP contribution in [0.25, 0.3) is 0 Å². The third-order valence-electron chi connectivity index (χ3n) is 3.51. The quantitative estimate of drug-likeness (QED) is 0.864. The van der Waals surface area contributed by atoms with Crippen molar-refractivity contribution in [3.63, 3.8) is 0 Å². The summed E-state index contributed by atoms with van der Waals surface area (Å²) in [7, 11) is 1.45. The molecule has 2 rings (SSSR count). The smallest absolute Gasteiger partial charge is 0.165 e. The Hall–Kier alpha value is -1.13. The summed E-state index contributed by atoms with van der Waals surface area (Å²) in [5, 5.41) is 13.1. The summed E-state index contributed by atoms with van der Waals surface area (Å²) in [6.07, 6.45) is 3.80. The molecule has 0 aliphatic heterocycles. The standard InChI is InChI=1S/C14H20FNO2/c1-18-14-7-6-10(8-11(14)15)9-16-12-4-2-3-5-13(12)17/h6-8,12-13,16-17H,2-5,9H2,1H3/t12-,13+/m1/s1. The van der Waals surface area contributed by atoms with Crippen LogP contribution in [-0.4, -0.2) is 24.4 Å². The maximum atomic E-state index is 13.5. The number of benzene rings is 1. The zero-order valence-electron chi connectivity index (χ0n) is 10.7. The zero-order chi connectivity index (χ0) is 13.0. The molecule has 100 valence electrons. The van der Waals surface area contributed by atoms with Gasteiger partial charge in [-0.25, -0.2) is 4.39 Å². The fourth-order valence-electron chi connectivity index (χ4n) is 2.42. The summed E-state index contributed by atoms with van der Waals surface area (Å²) in [4.78, 5) is 0. The average Bonchev–Trinajstić information content (AvgIpc) is 2.38. The Morgan fingerprint density at radius 1 is 1.39 bits per heavy atom. The molecule has 0 aromatic heterocycles. The molecule has 2 atom stereocenters. The van der Waals surface area contributed by atoms with Gasteiger partial charge in [-0.3, -0.25) is 0 Å². The van der Waals surface area contributed by atoms with E-state index in [4.69, 9.17) is 4.74 Å². The number of halogens is 1. The molecular formula is C14H20FNO2. The number of ether oxygens (including phenoxy) is 1. The first-order chi connectivity index (χ1) is 8.70. The van der Waals surface area contributed by atoms with Crippen molar-refractivity contribution >= 4 is 0 Å². The van der Waals surface area contributed by atoms with Crippen LogP contribution in [0.3, 0.4) is 0 Å². The van der Waals surface area contributed by atoms with E-state index in [9.17, 15) is 9.50 Å². The largest absolute Gasteiger partial charge is 0.494 e. The first-order valence-corrected chi connectivity index (χ1v) is 6.44. The minimum atomic E-state index is -0.346. The van der Waals surface area contributed by atoms with Gasteiger partial charge in [-0.1, -0.05) is 18.9 Å². The molecule has 0 unspecified atom stereocenters. The fraction of sp³-hybridized carbons (Fsp3) is 0.571. The minimum absolute atomic E-state index is 0.129. The van der Waals surface area contributed by atoms with Crippen molar-refractivity contribution in [1.29, 1.82) is 0 Å². The van der Waals surface area contributed by atoms with Crippen molar-refractivity contribution in [2.75, 3.05) is 7.11 Å². The third-order valence-corrected chi connectivity index (χ3v) is 3.51. The molecule has 0 spiro atoms. The molecule has 0 amide bonds. The Morgan fingerprint density at radius 2 is 2.17 bits per heavy atom. The van der Waals surface area contributed by atoms with Crippen LogP contribution in [0.1, 0.15) is 31.2 Å². The van der Waals surface area contributed by atoms with Crippen LogP contribution >= 0.6 is 0 Å². The van der Waals surface area contributed by atoms with Crippen LogP contribution in [0.5, 0.6) is 5.75 Å². The Balaban J connectivity index is 1.91. The topological polar surface area (TPSA) is 41.5 Å². The van der Waals surface area contributed by atoms with Crippen molar-refractivity contribution < 1.29 is 14.2 Å². The lowest BCUT2D eigenvalue weighted by atomic mass is 9.92. The first kappa shape index (κ1) is 13.3. The second-order valence-electron chi connectivity index (χ2n) is 4.81. The van der Waals surface area contributed by atoms with Crippen LogP contribution < -0.4 is 10.1 Å². The molecule has 1 aromatic rings. The van der Waals surface area contributed by atoms with E-state index in [0.29, 0.717) is 6.54 Å². The fourth-order valence-corrected chi connectivity index (χ4v) is 2.42. The average molecular weight is 253 g/mol. The predicted octanol–water partition coefficient (Wildman–Crippen LogP) is 2.23. The van der Waals surface area contributed by atoms with E-state index >= 15 is 0 Å². The summed E-state index contributed by atoms with van der Waals surface area (Å²) in [5.41, 5.74) is 0.867. The first-order valence-electron chi connectivity index (χ1n) is 6.44. The van der Waals surface area contributed by atoms with Crippen LogP contribution in [0.2, 0.25) is 0 Å². The monoisotopic (exact) mass is 253 g/mol. The highest BCUT2D eigenvalue weighted by Crippen LogP contribution is 2.20. The van der Waals surface area contributed by atoms with E-state index in [0.717, 1.165) is 31.2 Å². The molecule has 0 saturated heterocycles. The minimum Gasteiger partial charge on any atom is -0.494 e. The Labute approximate surface area is 107 Å². The number of hydrogen-bond acceptors (Lipinski definition) is 3. The number of hydrogen-bond donors (Lipinski definition) is 2. The molecule has 18 heavy (non-hydrogen) atoms. The molecule has 0 radical (unpaired) electrons. The summed E-state index contributed by atoms with van der Waals surface area (Å²) >= 11 is 0. The van der Waals surface area contributed by atoms with E-state index in [1.807, 2.05) is 6.07 Å². The lowest BCUT2D eigenvalue weighted by molar-refractivity contribution is 0.0902. The number of nitrogens with one attached hydrogen (secondary N) is 1. The van der Waals surface area contributed by atoms with Gasteiger partial charge in [0.1, 0.15) is 0 Å². The summed E-state index contributed by atoms with van der Waals surface area (Å²) < 4.78 is 18.4. The summed E-state index contributed by atoms with van der Waals surface area (Å²) in [6, 6.07) is 5.07. The van der Waals surface area contributed by atoms with Gasteiger partial charge >= 0.3 is 0 Å². The van der Waals surface area contributed by atoms with Gasteiger partial charge in [0.2, 0.25) is 0 Å². The molecule has 3 nitrogen and oxygen atoms in total. The molecular weight excluding hydrogens is 233 g/mol. The summed E-state index contributed by atoms with van der Waals surface area (Å²) in [5.74, 6) is -0.0857. The SMILES string of the molecule is COc1ccc(CN[C@@H]2CCCC[C@@H]2O)cc1F. The molecule has 2 N–H and O–H groups in total. The van der Waals surface area contributed by atoms with E-state index in [2.05, 4.69) is 5.32 Å². The molecule has 1 fully saturated rings. The summed E-state index contributed by atoms with van der Waals surface area (Å²) in [6.45, 7) is 0.572. The Morgan fingerprint density at radius 3 is 2.83 bits per heavy atom. The molecule has 0 heterocycles. The normalized spacial score (nSPS) is 23.9. The Bertz CT molecular complexity index is 397. The molecule has 4 heteroatoms. The van der Waals surface area contributed by atoms with Gasteiger partial charge in [-0.2, -0.15) is 0 Å². The lowest BCUT2D eigenvalue weighted by Crippen LogP contribution is -2.41. The maximum Gasteiger partial charge on any atom is 0.165 e.